The predicted molar refractivity (Wildman–Crippen MR) is 99.6 cm³/mol. The Balaban J connectivity index is 1.66. The molecule has 4 rings (SSSR count). The quantitative estimate of drug-likeness (QED) is 0.736. The first kappa shape index (κ1) is 17.1. The summed E-state index contributed by atoms with van der Waals surface area (Å²) in [4.78, 5) is 25.8. The Labute approximate surface area is 156 Å². The molecule has 0 radical (unpaired) electrons. The molecule has 0 bridgehead atoms. The van der Waals surface area contributed by atoms with E-state index in [0.717, 1.165) is 28.7 Å². The fourth-order valence-corrected chi connectivity index (χ4v) is 3.73. The molecular formula is C19H20N6O2. The van der Waals surface area contributed by atoms with Crippen LogP contribution in [-0.4, -0.2) is 44.9 Å². The second kappa shape index (κ2) is 7.11. The monoisotopic (exact) mass is 364 g/mol. The van der Waals surface area contributed by atoms with E-state index >= 15 is 0 Å². The number of oxazole rings is 1. The van der Waals surface area contributed by atoms with Gasteiger partial charge in [0.1, 0.15) is 18.3 Å². The molecule has 138 valence electrons. The van der Waals surface area contributed by atoms with Crippen LogP contribution in [0.2, 0.25) is 0 Å². The fourth-order valence-electron chi connectivity index (χ4n) is 3.73. The molecule has 0 unspecified atom stereocenters. The van der Waals surface area contributed by atoms with Crippen LogP contribution < -0.4 is 5.32 Å². The maximum atomic E-state index is 12.2. The van der Waals surface area contributed by atoms with E-state index in [2.05, 4.69) is 27.2 Å². The molecule has 2 atom stereocenters. The molecule has 1 fully saturated rings. The zero-order valence-electron chi connectivity index (χ0n) is 15.0. The van der Waals surface area contributed by atoms with E-state index < -0.39 is 0 Å². The SMILES string of the molecule is C[C@H]1C[C@@H](Nc2c(-c3ncco3)cnc3[nH]ccc23)CN(C(=O)CC#N)C1. The lowest BCUT2D eigenvalue weighted by Crippen LogP contribution is -2.48. The van der Waals surface area contributed by atoms with E-state index in [-0.39, 0.29) is 18.4 Å². The second-order valence-corrected chi connectivity index (χ2v) is 6.94. The van der Waals surface area contributed by atoms with Gasteiger partial charge in [0, 0.05) is 36.9 Å². The number of piperidine rings is 1. The van der Waals surface area contributed by atoms with Gasteiger partial charge in [-0.3, -0.25) is 4.79 Å². The number of hydrogen-bond acceptors (Lipinski definition) is 6. The van der Waals surface area contributed by atoms with Crippen molar-refractivity contribution in [3.8, 4) is 17.5 Å². The molecule has 8 nitrogen and oxygen atoms in total. The Hall–Kier alpha value is -3.34. The highest BCUT2D eigenvalue weighted by molar-refractivity contribution is 5.97. The molecule has 1 aliphatic heterocycles. The van der Waals surface area contributed by atoms with Crippen LogP contribution in [-0.2, 0) is 4.79 Å². The number of likely N-dealkylation sites (tertiary alicyclic amines) is 1. The van der Waals surface area contributed by atoms with Crippen LogP contribution in [0.4, 0.5) is 5.69 Å². The summed E-state index contributed by atoms with van der Waals surface area (Å²) in [6.07, 6.45) is 7.55. The maximum Gasteiger partial charge on any atom is 0.236 e. The number of rotatable bonds is 4. The van der Waals surface area contributed by atoms with Crippen LogP contribution in [0, 0.1) is 17.2 Å². The molecule has 3 aromatic rings. The van der Waals surface area contributed by atoms with Gasteiger partial charge in [-0.25, -0.2) is 9.97 Å². The highest BCUT2D eigenvalue weighted by Crippen LogP contribution is 2.34. The summed E-state index contributed by atoms with van der Waals surface area (Å²) in [7, 11) is 0. The minimum absolute atomic E-state index is 0.0607. The number of carbonyl (C=O) groups is 1. The lowest BCUT2D eigenvalue weighted by molar-refractivity contribution is -0.132. The highest BCUT2D eigenvalue weighted by Gasteiger charge is 2.29. The van der Waals surface area contributed by atoms with Crippen molar-refractivity contribution >= 4 is 22.6 Å². The topological polar surface area (TPSA) is 111 Å². The van der Waals surface area contributed by atoms with Crippen molar-refractivity contribution in [1.29, 1.82) is 5.26 Å². The van der Waals surface area contributed by atoms with Gasteiger partial charge in [0.25, 0.3) is 0 Å². The van der Waals surface area contributed by atoms with Gasteiger partial charge in [0.15, 0.2) is 0 Å². The van der Waals surface area contributed by atoms with Gasteiger partial charge in [0.2, 0.25) is 11.8 Å². The van der Waals surface area contributed by atoms with Gasteiger partial charge in [0.05, 0.1) is 23.5 Å². The van der Waals surface area contributed by atoms with Crippen molar-refractivity contribution in [1.82, 2.24) is 19.9 Å². The first-order valence-electron chi connectivity index (χ1n) is 8.93. The number of nitrogens with zero attached hydrogens (tertiary/aromatic N) is 4. The van der Waals surface area contributed by atoms with E-state index in [1.165, 1.54) is 6.26 Å². The van der Waals surface area contributed by atoms with Gasteiger partial charge in [-0.15, -0.1) is 0 Å². The molecule has 1 amide bonds. The van der Waals surface area contributed by atoms with Gasteiger partial charge in [-0.1, -0.05) is 6.92 Å². The van der Waals surface area contributed by atoms with Crippen LogP contribution in [0.25, 0.3) is 22.5 Å². The van der Waals surface area contributed by atoms with Crippen LogP contribution in [0.3, 0.4) is 0 Å². The second-order valence-electron chi connectivity index (χ2n) is 6.94. The largest absolute Gasteiger partial charge is 0.444 e. The Morgan fingerprint density at radius 2 is 2.37 bits per heavy atom. The Morgan fingerprint density at radius 1 is 1.48 bits per heavy atom. The Bertz CT molecular complexity index is 987. The predicted octanol–water partition coefficient (Wildman–Crippen LogP) is 2.78. The normalized spacial score (nSPS) is 19.8. The molecule has 1 saturated heterocycles. The molecule has 4 heterocycles. The van der Waals surface area contributed by atoms with Gasteiger partial charge in [-0.05, 0) is 18.4 Å². The number of hydrogen-bond donors (Lipinski definition) is 2. The molecular weight excluding hydrogens is 344 g/mol. The molecule has 0 aliphatic carbocycles. The zero-order valence-corrected chi connectivity index (χ0v) is 15.0. The molecule has 0 saturated carbocycles. The molecule has 2 N–H and O–H groups in total. The van der Waals surface area contributed by atoms with Crippen molar-refractivity contribution in [2.24, 2.45) is 5.92 Å². The van der Waals surface area contributed by atoms with E-state index in [1.807, 2.05) is 18.3 Å². The average Bonchev–Trinajstić information content (AvgIpc) is 3.33. The van der Waals surface area contributed by atoms with Crippen LogP contribution in [0.5, 0.6) is 0 Å². The molecule has 0 aromatic carbocycles. The number of nitrogens with one attached hydrogen (secondary N) is 2. The number of fused-ring (bicyclic) bond motifs is 1. The summed E-state index contributed by atoms with van der Waals surface area (Å²) in [6.45, 7) is 3.36. The molecule has 8 heteroatoms. The number of amides is 1. The Morgan fingerprint density at radius 3 is 3.15 bits per heavy atom. The maximum absolute atomic E-state index is 12.2. The molecule has 1 aliphatic rings. The van der Waals surface area contributed by atoms with E-state index in [1.54, 1.807) is 17.3 Å². The summed E-state index contributed by atoms with van der Waals surface area (Å²) < 4.78 is 5.49. The number of nitriles is 1. The van der Waals surface area contributed by atoms with Crippen molar-refractivity contribution in [3.63, 3.8) is 0 Å². The number of anilines is 1. The summed E-state index contributed by atoms with van der Waals surface area (Å²) in [5, 5.41) is 13.4. The number of carbonyl (C=O) groups excluding carboxylic acids is 1. The Kier molecular flexibility index (Phi) is 4.50. The van der Waals surface area contributed by atoms with Crippen LogP contribution >= 0.6 is 0 Å². The number of pyridine rings is 1. The van der Waals surface area contributed by atoms with E-state index in [0.29, 0.717) is 24.9 Å². The summed E-state index contributed by atoms with van der Waals surface area (Å²) in [6, 6.07) is 3.97. The van der Waals surface area contributed by atoms with Gasteiger partial charge >= 0.3 is 0 Å². The molecule has 3 aromatic heterocycles. The van der Waals surface area contributed by atoms with Crippen LogP contribution in [0.1, 0.15) is 19.8 Å². The van der Waals surface area contributed by atoms with Gasteiger partial charge in [-0.2, -0.15) is 5.26 Å². The smallest absolute Gasteiger partial charge is 0.236 e. The van der Waals surface area contributed by atoms with Crippen molar-refractivity contribution in [2.45, 2.75) is 25.8 Å². The summed E-state index contributed by atoms with van der Waals surface area (Å²) in [5.41, 5.74) is 2.43. The first-order chi connectivity index (χ1) is 13.2. The fraction of sp³-hybridized carbons (Fsp3) is 0.368. The lowest BCUT2D eigenvalue weighted by Gasteiger charge is -2.37. The first-order valence-corrected chi connectivity index (χ1v) is 8.93. The number of aromatic amines is 1. The van der Waals surface area contributed by atoms with Gasteiger partial charge < -0.3 is 19.6 Å². The highest BCUT2D eigenvalue weighted by atomic mass is 16.3. The number of H-pyrrole nitrogens is 1. The molecule has 27 heavy (non-hydrogen) atoms. The minimum atomic E-state index is -0.120. The third-order valence-corrected chi connectivity index (χ3v) is 4.84. The van der Waals surface area contributed by atoms with Crippen LogP contribution in [0.15, 0.2) is 35.3 Å². The minimum Gasteiger partial charge on any atom is -0.444 e. The van der Waals surface area contributed by atoms with Crippen molar-refractivity contribution in [2.75, 3.05) is 18.4 Å². The van der Waals surface area contributed by atoms with Crippen molar-refractivity contribution < 1.29 is 9.21 Å². The summed E-state index contributed by atoms with van der Waals surface area (Å²) in [5.74, 6) is 0.715. The molecule has 0 spiro atoms. The van der Waals surface area contributed by atoms with E-state index in [9.17, 15) is 4.79 Å². The average molecular weight is 364 g/mol. The lowest BCUT2D eigenvalue weighted by atomic mass is 9.95. The van der Waals surface area contributed by atoms with E-state index in [4.69, 9.17) is 9.68 Å². The zero-order chi connectivity index (χ0) is 18.8. The summed E-state index contributed by atoms with van der Waals surface area (Å²) >= 11 is 0. The third kappa shape index (κ3) is 3.36. The standard InChI is InChI=1S/C19H20N6O2/c1-12-8-13(11-25(10-12)16(26)2-4-20)24-17-14-3-5-21-18(14)23-9-15(17)19-22-6-7-27-19/h3,5-7,9,12-13H,2,8,10-11H2,1H3,(H2,21,23,24)/t12-,13+/m0/s1. The van der Waals surface area contributed by atoms with Crippen molar-refractivity contribution in [3.05, 3.63) is 30.9 Å². The third-order valence-electron chi connectivity index (χ3n) is 4.84. The number of aromatic nitrogens is 3.